The Morgan fingerprint density at radius 1 is 0.929 bits per heavy atom. The molecule has 0 aliphatic heterocycles. The first-order valence-electron chi connectivity index (χ1n) is 5.57. The van der Waals surface area contributed by atoms with Crippen LogP contribution in [-0.4, -0.2) is 21.4 Å². The molecular weight excluding hydrogens is 176 g/mol. The van der Waals surface area contributed by atoms with Crippen LogP contribution in [0.4, 0.5) is 0 Å². The lowest BCUT2D eigenvalue weighted by Gasteiger charge is -2.44. The van der Waals surface area contributed by atoms with Crippen molar-refractivity contribution in [1.82, 2.24) is 0 Å². The molecule has 2 nitrogen and oxygen atoms in total. The summed E-state index contributed by atoms with van der Waals surface area (Å²) in [4.78, 5) is 0. The van der Waals surface area contributed by atoms with Crippen molar-refractivity contribution in [3.8, 4) is 0 Å². The maximum absolute atomic E-state index is 10.4. The van der Waals surface area contributed by atoms with Crippen LogP contribution in [-0.2, 0) is 0 Å². The van der Waals surface area contributed by atoms with E-state index in [1.54, 1.807) is 0 Å². The lowest BCUT2D eigenvalue weighted by Crippen LogP contribution is -2.46. The topological polar surface area (TPSA) is 40.5 Å². The van der Waals surface area contributed by atoms with E-state index < -0.39 is 11.2 Å². The Bertz CT molecular complexity index is 265. The zero-order valence-corrected chi connectivity index (χ0v) is 8.77. The summed E-state index contributed by atoms with van der Waals surface area (Å²) in [5.41, 5.74) is -1.75. The highest BCUT2D eigenvalue weighted by Crippen LogP contribution is 2.70. The van der Waals surface area contributed by atoms with Crippen LogP contribution in [0.3, 0.4) is 0 Å². The van der Waals surface area contributed by atoms with Crippen LogP contribution in [0.25, 0.3) is 0 Å². The molecule has 0 spiro atoms. The van der Waals surface area contributed by atoms with Gasteiger partial charge < -0.3 is 10.2 Å². The SMILES string of the molecule is C[C@@]1(O)C2C3CC=CCC2C3[C@@]1(C)O. The van der Waals surface area contributed by atoms with E-state index in [4.69, 9.17) is 0 Å². The Morgan fingerprint density at radius 3 is 1.64 bits per heavy atom. The van der Waals surface area contributed by atoms with Gasteiger partial charge in [-0.2, -0.15) is 0 Å². The smallest absolute Gasteiger partial charge is 0.0939 e. The second-order valence-electron chi connectivity index (χ2n) is 5.62. The molecule has 0 radical (unpaired) electrons. The molecule has 3 fully saturated rings. The summed E-state index contributed by atoms with van der Waals surface area (Å²) in [5, 5.41) is 20.8. The van der Waals surface area contributed by atoms with E-state index in [1.807, 2.05) is 13.8 Å². The van der Waals surface area contributed by atoms with Crippen molar-refractivity contribution < 1.29 is 10.2 Å². The van der Waals surface area contributed by atoms with E-state index in [0.29, 0.717) is 23.7 Å². The minimum atomic E-state index is -0.876. The Hall–Kier alpha value is -0.340. The van der Waals surface area contributed by atoms with E-state index in [-0.39, 0.29) is 0 Å². The zero-order valence-electron chi connectivity index (χ0n) is 8.77. The predicted octanol–water partition coefficient (Wildman–Crippen LogP) is 1.33. The van der Waals surface area contributed by atoms with Crippen molar-refractivity contribution in [2.75, 3.05) is 0 Å². The third-order valence-electron chi connectivity index (χ3n) is 5.15. The van der Waals surface area contributed by atoms with Crippen LogP contribution in [0.15, 0.2) is 12.2 Å². The molecule has 0 aromatic heterocycles. The van der Waals surface area contributed by atoms with Gasteiger partial charge in [0, 0.05) is 0 Å². The summed E-state index contributed by atoms with van der Waals surface area (Å²) in [7, 11) is 0. The molecule has 0 saturated heterocycles. The second kappa shape index (κ2) is 2.25. The fraction of sp³-hybridized carbons (Fsp3) is 0.833. The van der Waals surface area contributed by atoms with Gasteiger partial charge in [-0.1, -0.05) is 12.2 Å². The van der Waals surface area contributed by atoms with Gasteiger partial charge in [0.2, 0.25) is 0 Å². The first kappa shape index (κ1) is 8.93. The molecule has 4 aliphatic carbocycles. The lowest BCUT2D eigenvalue weighted by molar-refractivity contribution is -0.111. The third-order valence-corrected chi connectivity index (χ3v) is 5.15. The van der Waals surface area contributed by atoms with Gasteiger partial charge >= 0.3 is 0 Å². The van der Waals surface area contributed by atoms with E-state index in [9.17, 15) is 10.2 Å². The monoisotopic (exact) mass is 194 g/mol. The molecule has 2 N–H and O–H groups in total. The van der Waals surface area contributed by atoms with Crippen molar-refractivity contribution in [2.24, 2.45) is 23.7 Å². The third kappa shape index (κ3) is 0.695. The predicted molar refractivity (Wildman–Crippen MR) is 53.6 cm³/mol. The van der Waals surface area contributed by atoms with E-state index >= 15 is 0 Å². The first-order valence-corrected chi connectivity index (χ1v) is 5.57. The zero-order chi connectivity index (χ0) is 10.1. The molecule has 4 bridgehead atoms. The van der Waals surface area contributed by atoms with Gasteiger partial charge in [-0.15, -0.1) is 0 Å². The summed E-state index contributed by atoms with van der Waals surface area (Å²) in [5.74, 6) is 1.67. The largest absolute Gasteiger partial charge is 0.387 e. The van der Waals surface area contributed by atoms with E-state index in [2.05, 4.69) is 12.2 Å². The average Bonchev–Trinajstić information content (AvgIpc) is 2.36. The van der Waals surface area contributed by atoms with Gasteiger partial charge in [-0.05, 0) is 50.4 Å². The van der Waals surface area contributed by atoms with Crippen molar-refractivity contribution in [2.45, 2.75) is 37.9 Å². The number of fused-ring (bicyclic) bond motifs is 1. The fourth-order valence-corrected chi connectivity index (χ4v) is 4.37. The fourth-order valence-electron chi connectivity index (χ4n) is 4.37. The second-order valence-corrected chi connectivity index (χ2v) is 5.62. The van der Waals surface area contributed by atoms with Crippen LogP contribution in [0.2, 0.25) is 0 Å². The average molecular weight is 194 g/mol. The molecule has 0 amide bonds. The summed E-state index contributed by atoms with van der Waals surface area (Å²) in [6.07, 6.45) is 6.51. The molecule has 0 aromatic carbocycles. The number of rotatable bonds is 0. The molecule has 4 rings (SSSR count). The minimum absolute atomic E-state index is 0.317. The molecule has 3 saturated carbocycles. The summed E-state index contributed by atoms with van der Waals surface area (Å²) in [6.45, 7) is 3.63. The van der Waals surface area contributed by atoms with Crippen molar-refractivity contribution >= 4 is 0 Å². The Morgan fingerprint density at radius 2 is 1.29 bits per heavy atom. The van der Waals surface area contributed by atoms with Crippen LogP contribution in [0, 0.1) is 23.7 Å². The van der Waals surface area contributed by atoms with Crippen molar-refractivity contribution in [3.63, 3.8) is 0 Å². The quantitative estimate of drug-likeness (QED) is 0.571. The first-order chi connectivity index (χ1) is 6.48. The van der Waals surface area contributed by atoms with Gasteiger partial charge in [0.1, 0.15) is 0 Å². The van der Waals surface area contributed by atoms with E-state index in [1.165, 1.54) is 0 Å². The molecule has 2 atom stereocenters. The highest BCUT2D eigenvalue weighted by Gasteiger charge is 2.75. The van der Waals surface area contributed by atoms with Crippen LogP contribution in [0.1, 0.15) is 26.7 Å². The molecule has 78 valence electrons. The van der Waals surface area contributed by atoms with Crippen LogP contribution >= 0.6 is 0 Å². The van der Waals surface area contributed by atoms with Crippen molar-refractivity contribution in [1.29, 1.82) is 0 Å². The van der Waals surface area contributed by atoms with E-state index in [0.717, 1.165) is 12.8 Å². The van der Waals surface area contributed by atoms with Crippen LogP contribution < -0.4 is 0 Å². The molecular formula is C12H18O2. The van der Waals surface area contributed by atoms with Crippen molar-refractivity contribution in [3.05, 3.63) is 12.2 Å². The summed E-state index contributed by atoms with van der Waals surface area (Å²) < 4.78 is 0. The Labute approximate surface area is 84.6 Å². The summed E-state index contributed by atoms with van der Waals surface area (Å²) >= 11 is 0. The van der Waals surface area contributed by atoms with Gasteiger partial charge in [0.15, 0.2) is 0 Å². The molecule has 0 heterocycles. The normalized spacial score (nSPS) is 64.9. The number of hydrogen-bond donors (Lipinski definition) is 2. The number of hydrogen-bond acceptors (Lipinski definition) is 2. The number of aliphatic hydroxyl groups is 2. The highest BCUT2D eigenvalue weighted by molar-refractivity contribution is 5.27. The minimum Gasteiger partial charge on any atom is -0.387 e. The lowest BCUT2D eigenvalue weighted by atomic mass is 9.60. The maximum atomic E-state index is 10.4. The van der Waals surface area contributed by atoms with Gasteiger partial charge in [0.05, 0.1) is 11.2 Å². The number of allylic oxidation sites excluding steroid dienone is 2. The summed E-state index contributed by atoms with van der Waals surface area (Å²) in [6, 6.07) is 0. The van der Waals surface area contributed by atoms with Gasteiger partial charge in [0.25, 0.3) is 0 Å². The molecule has 14 heavy (non-hydrogen) atoms. The van der Waals surface area contributed by atoms with Gasteiger partial charge in [-0.3, -0.25) is 0 Å². The molecule has 2 heteroatoms. The Balaban J connectivity index is 2.05. The van der Waals surface area contributed by atoms with Crippen LogP contribution in [0.5, 0.6) is 0 Å². The molecule has 0 unspecified atom stereocenters. The van der Waals surface area contributed by atoms with Gasteiger partial charge in [-0.25, -0.2) is 0 Å². The highest BCUT2D eigenvalue weighted by atomic mass is 16.4. The molecule has 0 aromatic rings. The standard InChI is InChI=1S/C12H18O2/c1-11(13)9-7-5-3-4-6-8(9)10(7)12(11,2)14/h3-4,7-10,13-14H,5-6H2,1-2H3/t7?,8?,9?,10?,11-,12-/m1/s1. The maximum Gasteiger partial charge on any atom is 0.0939 e. The molecule has 4 aliphatic rings. The Kier molecular flexibility index (Phi) is 1.43.